The molecular weight excluding hydrogens is 392 g/mol. The molecule has 1 saturated carbocycles. The summed E-state index contributed by atoms with van der Waals surface area (Å²) in [4.78, 5) is 12.8. The van der Waals surface area contributed by atoms with Gasteiger partial charge in [0.2, 0.25) is 0 Å². The molecule has 2 aromatic carbocycles. The van der Waals surface area contributed by atoms with Crippen LogP contribution in [0.5, 0.6) is 11.5 Å². The number of carbonyl (C=O) groups excluding carboxylic acids is 1. The van der Waals surface area contributed by atoms with E-state index in [1.165, 1.54) is 32.8 Å². The van der Waals surface area contributed by atoms with Crippen molar-refractivity contribution < 1.29 is 22.7 Å². The first kappa shape index (κ1) is 21.0. The Morgan fingerprint density at radius 3 is 2.24 bits per heavy atom. The lowest BCUT2D eigenvalue weighted by Crippen LogP contribution is -2.36. The van der Waals surface area contributed by atoms with Gasteiger partial charge in [0.05, 0.1) is 19.8 Å². The largest absolute Gasteiger partial charge is 0.496 e. The minimum absolute atomic E-state index is 0.0885. The van der Waals surface area contributed by atoms with Gasteiger partial charge in [0.25, 0.3) is 15.9 Å². The van der Waals surface area contributed by atoms with Gasteiger partial charge in [-0.25, -0.2) is 8.42 Å². The van der Waals surface area contributed by atoms with E-state index < -0.39 is 10.0 Å². The summed E-state index contributed by atoms with van der Waals surface area (Å²) in [5.74, 6) is 0.000817. The van der Waals surface area contributed by atoms with E-state index in [1.54, 1.807) is 30.3 Å². The van der Waals surface area contributed by atoms with Crippen LogP contribution in [0, 0.1) is 0 Å². The average Bonchev–Trinajstić information content (AvgIpc) is 2.73. The number of hydrogen-bond donors (Lipinski definition) is 2. The maximum absolute atomic E-state index is 13.0. The van der Waals surface area contributed by atoms with Crippen LogP contribution in [0.3, 0.4) is 0 Å². The molecule has 0 aliphatic heterocycles. The van der Waals surface area contributed by atoms with Gasteiger partial charge in [0, 0.05) is 17.8 Å². The van der Waals surface area contributed by atoms with E-state index >= 15 is 0 Å². The Bertz CT molecular complexity index is 955. The maximum Gasteiger partial charge on any atom is 0.265 e. The third-order valence-corrected chi connectivity index (χ3v) is 6.39. The summed E-state index contributed by atoms with van der Waals surface area (Å²) >= 11 is 0. The van der Waals surface area contributed by atoms with Crippen molar-refractivity contribution in [2.45, 2.75) is 43.0 Å². The molecule has 3 rings (SSSR count). The molecule has 0 saturated heterocycles. The molecular formula is C21H26N2O5S. The zero-order chi connectivity index (χ0) is 20.9. The number of anilines is 1. The Morgan fingerprint density at radius 2 is 1.62 bits per heavy atom. The Labute approximate surface area is 171 Å². The summed E-state index contributed by atoms with van der Waals surface area (Å²) < 4.78 is 39.1. The smallest absolute Gasteiger partial charge is 0.265 e. The first-order chi connectivity index (χ1) is 13.9. The summed E-state index contributed by atoms with van der Waals surface area (Å²) in [5, 5.41) is 3.00. The van der Waals surface area contributed by atoms with Crippen LogP contribution < -0.4 is 19.5 Å². The third-order valence-electron chi connectivity index (χ3n) is 4.99. The number of nitrogens with one attached hydrogen (secondary N) is 2. The van der Waals surface area contributed by atoms with Gasteiger partial charge in [0.15, 0.2) is 0 Å². The highest BCUT2D eigenvalue weighted by atomic mass is 32.2. The van der Waals surface area contributed by atoms with Crippen molar-refractivity contribution in [1.82, 2.24) is 5.32 Å². The molecule has 0 radical (unpaired) electrons. The lowest BCUT2D eigenvalue weighted by atomic mass is 9.95. The molecule has 0 bridgehead atoms. The molecule has 1 amide bonds. The quantitative estimate of drug-likeness (QED) is 0.717. The summed E-state index contributed by atoms with van der Waals surface area (Å²) in [6.45, 7) is 0. The van der Waals surface area contributed by atoms with Crippen LogP contribution in [-0.4, -0.2) is 34.6 Å². The van der Waals surface area contributed by atoms with E-state index in [-0.39, 0.29) is 33.9 Å². The molecule has 29 heavy (non-hydrogen) atoms. The molecule has 0 spiro atoms. The fraction of sp³-hybridized carbons (Fsp3) is 0.381. The van der Waals surface area contributed by atoms with Crippen molar-refractivity contribution in [3.05, 3.63) is 48.0 Å². The molecule has 2 N–H and O–H groups in total. The van der Waals surface area contributed by atoms with Gasteiger partial charge in [0.1, 0.15) is 16.4 Å². The summed E-state index contributed by atoms with van der Waals surface area (Å²) in [7, 11) is -1.17. The predicted molar refractivity (Wildman–Crippen MR) is 111 cm³/mol. The number of methoxy groups -OCH3 is 2. The maximum atomic E-state index is 13.0. The fourth-order valence-corrected chi connectivity index (χ4v) is 4.72. The van der Waals surface area contributed by atoms with Crippen LogP contribution in [-0.2, 0) is 10.0 Å². The molecule has 0 heterocycles. The second kappa shape index (κ2) is 9.17. The van der Waals surface area contributed by atoms with Gasteiger partial charge in [-0.15, -0.1) is 0 Å². The monoisotopic (exact) mass is 418 g/mol. The molecule has 1 aliphatic rings. The molecule has 2 aromatic rings. The molecule has 1 fully saturated rings. The number of carbonyl (C=O) groups is 1. The van der Waals surface area contributed by atoms with Crippen molar-refractivity contribution in [3.63, 3.8) is 0 Å². The number of rotatable bonds is 7. The second-order valence-electron chi connectivity index (χ2n) is 6.98. The van der Waals surface area contributed by atoms with Gasteiger partial charge < -0.3 is 14.8 Å². The Balaban J connectivity index is 1.96. The lowest BCUT2D eigenvalue weighted by Gasteiger charge is -2.23. The van der Waals surface area contributed by atoms with Crippen molar-refractivity contribution >= 4 is 21.6 Å². The highest BCUT2D eigenvalue weighted by molar-refractivity contribution is 7.92. The Morgan fingerprint density at radius 1 is 0.966 bits per heavy atom. The van der Waals surface area contributed by atoms with Crippen LogP contribution >= 0.6 is 0 Å². The second-order valence-corrected chi connectivity index (χ2v) is 8.63. The van der Waals surface area contributed by atoms with E-state index in [0.717, 1.165) is 25.7 Å². The summed E-state index contributed by atoms with van der Waals surface area (Å²) in [6.07, 6.45) is 5.16. The van der Waals surface area contributed by atoms with Crippen LogP contribution in [0.1, 0.15) is 42.5 Å². The first-order valence-corrected chi connectivity index (χ1v) is 11.1. The predicted octanol–water partition coefficient (Wildman–Crippen LogP) is 3.57. The van der Waals surface area contributed by atoms with Crippen LogP contribution in [0.15, 0.2) is 47.4 Å². The van der Waals surface area contributed by atoms with Crippen LogP contribution in [0.25, 0.3) is 0 Å². The molecule has 7 nitrogen and oxygen atoms in total. The Kier molecular flexibility index (Phi) is 6.64. The van der Waals surface area contributed by atoms with Crippen molar-refractivity contribution in [1.29, 1.82) is 0 Å². The minimum Gasteiger partial charge on any atom is -0.496 e. The van der Waals surface area contributed by atoms with E-state index in [9.17, 15) is 13.2 Å². The van der Waals surface area contributed by atoms with Crippen molar-refractivity contribution in [2.24, 2.45) is 0 Å². The number of hydrogen-bond acceptors (Lipinski definition) is 5. The van der Waals surface area contributed by atoms with E-state index in [1.807, 2.05) is 0 Å². The van der Waals surface area contributed by atoms with E-state index in [0.29, 0.717) is 5.69 Å². The highest BCUT2D eigenvalue weighted by Crippen LogP contribution is 2.33. The molecule has 0 aromatic heterocycles. The Hall–Kier alpha value is -2.74. The number of amides is 1. The van der Waals surface area contributed by atoms with Gasteiger partial charge in [-0.1, -0.05) is 37.5 Å². The normalized spacial score (nSPS) is 14.8. The average molecular weight is 419 g/mol. The number of para-hydroxylation sites is 1. The molecule has 0 atom stereocenters. The van der Waals surface area contributed by atoms with Crippen molar-refractivity contribution in [3.8, 4) is 11.5 Å². The van der Waals surface area contributed by atoms with Gasteiger partial charge >= 0.3 is 0 Å². The van der Waals surface area contributed by atoms with Gasteiger partial charge in [-0.2, -0.15) is 0 Å². The van der Waals surface area contributed by atoms with Crippen LogP contribution in [0.4, 0.5) is 5.69 Å². The number of benzene rings is 2. The molecule has 0 unspecified atom stereocenters. The zero-order valence-electron chi connectivity index (χ0n) is 16.6. The van der Waals surface area contributed by atoms with E-state index in [4.69, 9.17) is 9.47 Å². The van der Waals surface area contributed by atoms with Gasteiger partial charge in [-0.05, 0) is 31.0 Å². The third kappa shape index (κ3) is 5.00. The minimum atomic E-state index is -3.98. The summed E-state index contributed by atoms with van der Waals surface area (Å²) in [5.41, 5.74) is 0.575. The van der Waals surface area contributed by atoms with Gasteiger partial charge in [-0.3, -0.25) is 9.52 Å². The number of sulfonamides is 1. The standard InChI is InChI=1S/C21H26N2O5S/c1-27-18-14-19(28-2)20(29(25,26)23-16-11-7-4-8-12-16)13-17(18)21(24)22-15-9-5-3-6-10-15/h4,7-8,11-15,23H,3,5-6,9-10H2,1-2H3,(H,22,24). The fourth-order valence-electron chi connectivity index (χ4n) is 3.48. The molecule has 1 aliphatic carbocycles. The topological polar surface area (TPSA) is 93.7 Å². The SMILES string of the molecule is COc1cc(OC)c(S(=O)(=O)Nc2ccccc2)cc1C(=O)NC1CCCCC1. The van der Waals surface area contributed by atoms with E-state index in [2.05, 4.69) is 10.0 Å². The highest BCUT2D eigenvalue weighted by Gasteiger charge is 2.26. The van der Waals surface area contributed by atoms with Crippen molar-refractivity contribution in [2.75, 3.05) is 18.9 Å². The molecule has 156 valence electrons. The lowest BCUT2D eigenvalue weighted by molar-refractivity contribution is 0.0924. The van der Waals surface area contributed by atoms with Crippen LogP contribution in [0.2, 0.25) is 0 Å². The summed E-state index contributed by atoms with van der Waals surface area (Å²) in [6, 6.07) is 11.4. The number of ether oxygens (including phenoxy) is 2. The zero-order valence-corrected chi connectivity index (χ0v) is 17.4. The molecule has 8 heteroatoms. The first-order valence-electron chi connectivity index (χ1n) is 9.59.